The molecule has 2 heterocycles. The second-order valence-corrected chi connectivity index (χ2v) is 8.00. The third-order valence-corrected chi connectivity index (χ3v) is 6.24. The van der Waals surface area contributed by atoms with Crippen LogP contribution in [0.1, 0.15) is 11.4 Å². The zero-order valence-corrected chi connectivity index (χ0v) is 16.3. The fraction of sp³-hybridized carbons (Fsp3) is 0.250. The molecule has 0 bridgehead atoms. The first kappa shape index (κ1) is 19.7. The van der Waals surface area contributed by atoms with Crippen LogP contribution in [0, 0.1) is 6.92 Å². The van der Waals surface area contributed by atoms with E-state index >= 15 is 0 Å². The van der Waals surface area contributed by atoms with Gasteiger partial charge in [-0.1, -0.05) is 18.2 Å². The molecule has 2 N–H and O–H groups in total. The Kier molecular flexibility index (Phi) is 6.10. The lowest BCUT2D eigenvalue weighted by atomic mass is 10.2. The molecule has 0 saturated carbocycles. The van der Waals surface area contributed by atoms with Gasteiger partial charge in [-0.05, 0) is 37.9 Å². The van der Waals surface area contributed by atoms with Gasteiger partial charge in [-0.3, -0.25) is 0 Å². The molecule has 0 unspecified atom stereocenters. The molecule has 3 rings (SSSR count). The standard InChI is InChI=1S/C16H18N4O2S2.ClH/c1-11-10-12(8-9-17)20-15(18-11)14(16(19-20)23-2)24(21,22)13-6-4-3-5-7-13;/h3-7,10H,8-9,17H2,1-2H3;1H. The number of hydrogen-bond acceptors (Lipinski definition) is 6. The fourth-order valence-corrected chi connectivity index (χ4v) is 5.00. The third-order valence-electron chi connectivity index (χ3n) is 3.63. The van der Waals surface area contributed by atoms with Crippen LogP contribution in [-0.4, -0.2) is 35.8 Å². The summed E-state index contributed by atoms with van der Waals surface area (Å²) >= 11 is 1.29. The minimum atomic E-state index is -3.71. The van der Waals surface area contributed by atoms with Gasteiger partial charge in [-0.25, -0.2) is 17.9 Å². The van der Waals surface area contributed by atoms with Gasteiger partial charge in [-0.2, -0.15) is 5.10 Å². The molecule has 0 saturated heterocycles. The Bertz CT molecular complexity index is 988. The van der Waals surface area contributed by atoms with E-state index in [-0.39, 0.29) is 22.2 Å². The molecule has 134 valence electrons. The monoisotopic (exact) mass is 398 g/mol. The van der Waals surface area contributed by atoms with Crippen molar-refractivity contribution in [2.45, 2.75) is 28.2 Å². The molecule has 1 aromatic carbocycles. The lowest BCUT2D eigenvalue weighted by molar-refractivity contribution is 0.594. The van der Waals surface area contributed by atoms with Crippen LogP contribution in [0.25, 0.3) is 5.65 Å². The van der Waals surface area contributed by atoms with Crippen molar-refractivity contribution >= 4 is 39.7 Å². The molecular weight excluding hydrogens is 380 g/mol. The van der Waals surface area contributed by atoms with Crippen LogP contribution < -0.4 is 5.73 Å². The highest BCUT2D eigenvalue weighted by Gasteiger charge is 2.29. The zero-order chi connectivity index (χ0) is 17.3. The van der Waals surface area contributed by atoms with E-state index in [4.69, 9.17) is 5.73 Å². The normalized spacial score (nSPS) is 11.5. The molecule has 2 aromatic heterocycles. The maximum absolute atomic E-state index is 13.1. The lowest BCUT2D eigenvalue weighted by Gasteiger charge is -2.06. The average Bonchev–Trinajstić information content (AvgIpc) is 2.95. The Labute approximate surface area is 157 Å². The van der Waals surface area contributed by atoms with E-state index in [0.29, 0.717) is 23.6 Å². The van der Waals surface area contributed by atoms with Gasteiger partial charge >= 0.3 is 0 Å². The molecule has 0 fully saturated rings. The van der Waals surface area contributed by atoms with Crippen LogP contribution in [0.5, 0.6) is 0 Å². The van der Waals surface area contributed by atoms with Gasteiger partial charge in [-0.15, -0.1) is 24.2 Å². The van der Waals surface area contributed by atoms with Gasteiger partial charge in [0.15, 0.2) is 10.5 Å². The SMILES string of the molecule is CSc1nn2c(CCN)cc(C)nc2c1S(=O)(=O)c1ccccc1.Cl. The highest BCUT2D eigenvalue weighted by Crippen LogP contribution is 2.32. The number of thioether (sulfide) groups is 1. The smallest absolute Gasteiger partial charge is 0.213 e. The van der Waals surface area contributed by atoms with Crippen molar-refractivity contribution in [2.24, 2.45) is 5.73 Å². The first-order chi connectivity index (χ1) is 11.5. The van der Waals surface area contributed by atoms with Gasteiger partial charge in [0.05, 0.1) is 4.90 Å². The molecule has 0 amide bonds. The fourth-order valence-electron chi connectivity index (χ4n) is 2.59. The first-order valence-electron chi connectivity index (χ1n) is 7.42. The minimum Gasteiger partial charge on any atom is -0.330 e. The molecule has 25 heavy (non-hydrogen) atoms. The lowest BCUT2D eigenvalue weighted by Crippen LogP contribution is -2.10. The van der Waals surface area contributed by atoms with E-state index in [2.05, 4.69) is 10.1 Å². The van der Waals surface area contributed by atoms with Crippen LogP contribution in [0.15, 0.2) is 51.2 Å². The van der Waals surface area contributed by atoms with E-state index in [9.17, 15) is 8.42 Å². The van der Waals surface area contributed by atoms with Crippen molar-refractivity contribution in [3.8, 4) is 0 Å². The van der Waals surface area contributed by atoms with Crippen LogP contribution in [0.3, 0.4) is 0 Å². The number of rotatable bonds is 5. The van der Waals surface area contributed by atoms with E-state index in [1.165, 1.54) is 11.8 Å². The number of fused-ring (bicyclic) bond motifs is 1. The summed E-state index contributed by atoms with van der Waals surface area (Å²) in [6, 6.07) is 10.2. The highest BCUT2D eigenvalue weighted by molar-refractivity contribution is 7.99. The van der Waals surface area contributed by atoms with Crippen molar-refractivity contribution in [1.82, 2.24) is 14.6 Å². The summed E-state index contributed by atoms with van der Waals surface area (Å²) < 4.78 is 27.9. The molecule has 0 aliphatic rings. The van der Waals surface area contributed by atoms with Gasteiger partial charge in [0.1, 0.15) is 5.03 Å². The summed E-state index contributed by atoms with van der Waals surface area (Å²) in [7, 11) is -3.71. The summed E-state index contributed by atoms with van der Waals surface area (Å²) in [6.07, 6.45) is 2.40. The predicted octanol–water partition coefficient (Wildman–Crippen LogP) is 2.52. The number of hydrogen-bond donors (Lipinski definition) is 1. The second kappa shape index (κ2) is 7.74. The number of nitrogens with zero attached hydrogens (tertiary/aromatic N) is 3. The van der Waals surface area contributed by atoms with Crippen molar-refractivity contribution < 1.29 is 8.42 Å². The first-order valence-corrected chi connectivity index (χ1v) is 10.1. The van der Waals surface area contributed by atoms with E-state index in [1.807, 2.05) is 13.0 Å². The largest absolute Gasteiger partial charge is 0.330 e. The quantitative estimate of drug-likeness (QED) is 0.664. The maximum Gasteiger partial charge on any atom is 0.213 e. The Hall–Kier alpha value is -1.61. The van der Waals surface area contributed by atoms with Crippen LogP contribution >= 0.6 is 24.2 Å². The molecule has 9 heteroatoms. The maximum atomic E-state index is 13.1. The molecule has 0 spiro atoms. The van der Waals surface area contributed by atoms with Crippen LogP contribution in [0.2, 0.25) is 0 Å². The number of aromatic nitrogens is 3. The van der Waals surface area contributed by atoms with Gasteiger partial charge in [0.25, 0.3) is 0 Å². The summed E-state index contributed by atoms with van der Waals surface area (Å²) in [5.41, 5.74) is 7.61. The average molecular weight is 399 g/mol. The third kappa shape index (κ3) is 3.52. The van der Waals surface area contributed by atoms with E-state index < -0.39 is 9.84 Å². The summed E-state index contributed by atoms with van der Waals surface area (Å²) in [5.74, 6) is 0. The molecule has 0 aliphatic heterocycles. The van der Waals surface area contributed by atoms with Crippen molar-refractivity contribution in [2.75, 3.05) is 12.8 Å². The molecule has 0 radical (unpaired) electrons. The van der Waals surface area contributed by atoms with Crippen molar-refractivity contribution in [1.29, 1.82) is 0 Å². The zero-order valence-electron chi connectivity index (χ0n) is 13.8. The van der Waals surface area contributed by atoms with Gasteiger partial charge in [0.2, 0.25) is 9.84 Å². The van der Waals surface area contributed by atoms with Crippen LogP contribution in [-0.2, 0) is 16.3 Å². The van der Waals surface area contributed by atoms with Gasteiger partial charge in [0, 0.05) is 17.8 Å². The summed E-state index contributed by atoms with van der Waals surface area (Å²) in [6.45, 7) is 2.29. The minimum absolute atomic E-state index is 0. The molecule has 6 nitrogen and oxygen atoms in total. The molecule has 0 aliphatic carbocycles. The number of nitrogens with two attached hydrogens (primary N) is 1. The highest BCUT2D eigenvalue weighted by atomic mass is 35.5. The topological polar surface area (TPSA) is 90.3 Å². The van der Waals surface area contributed by atoms with E-state index in [1.54, 1.807) is 41.1 Å². The second-order valence-electron chi connectivity index (χ2n) is 5.32. The predicted molar refractivity (Wildman–Crippen MR) is 101 cm³/mol. The van der Waals surface area contributed by atoms with E-state index in [0.717, 1.165) is 11.4 Å². The van der Waals surface area contributed by atoms with Crippen molar-refractivity contribution in [3.05, 3.63) is 47.8 Å². The number of benzene rings is 1. The summed E-state index contributed by atoms with van der Waals surface area (Å²) in [4.78, 5) is 4.84. The Balaban J connectivity index is 0.00000225. The van der Waals surface area contributed by atoms with Crippen LogP contribution in [0.4, 0.5) is 0 Å². The summed E-state index contributed by atoms with van der Waals surface area (Å²) in [5, 5.41) is 4.91. The molecule has 3 aromatic rings. The number of halogens is 1. The number of sulfone groups is 1. The van der Waals surface area contributed by atoms with Gasteiger partial charge < -0.3 is 5.73 Å². The Morgan fingerprint density at radius 2 is 1.92 bits per heavy atom. The number of aryl methyl sites for hydroxylation is 1. The van der Waals surface area contributed by atoms with Crippen molar-refractivity contribution in [3.63, 3.8) is 0 Å². The Morgan fingerprint density at radius 1 is 1.24 bits per heavy atom. The molecular formula is C16H19ClN4O2S2. The Morgan fingerprint density at radius 3 is 2.52 bits per heavy atom. The molecule has 0 atom stereocenters.